The predicted octanol–water partition coefficient (Wildman–Crippen LogP) is 8.85. The van der Waals surface area contributed by atoms with Crippen LogP contribution in [-0.2, 0) is 11.8 Å². The lowest BCUT2D eigenvalue weighted by Gasteiger charge is -2.23. The molecule has 0 aliphatic carbocycles. The molecule has 2 N–H and O–H groups in total. The zero-order valence-electron chi connectivity index (χ0n) is 24.0. The molecule has 3 rings (SSSR count). The summed E-state index contributed by atoms with van der Waals surface area (Å²) >= 11 is 0. The van der Waals surface area contributed by atoms with E-state index >= 15 is 0 Å². The molecule has 1 aromatic heterocycles. The molecule has 0 aliphatic heterocycles. The molecule has 34 heavy (non-hydrogen) atoms. The minimum absolute atomic E-state index is 0.0325. The molecule has 0 unspecified atom stereocenters. The number of unbranched alkanes of at least 4 members (excludes halogenated alkanes) is 1. The van der Waals surface area contributed by atoms with E-state index in [0.29, 0.717) is 0 Å². The minimum atomic E-state index is -0.0325. The molecule has 0 radical (unpaired) electrons. The molecule has 4 heteroatoms. The molecule has 190 valence electrons. The Morgan fingerprint density at radius 2 is 1.35 bits per heavy atom. The summed E-state index contributed by atoms with van der Waals surface area (Å²) in [5.74, 6) is 1.73. The van der Waals surface area contributed by atoms with Crippen LogP contribution >= 0.6 is 0 Å². The summed E-state index contributed by atoms with van der Waals surface area (Å²) in [5, 5.41) is 8.84. The Bertz CT molecular complexity index is 959. The Morgan fingerprint density at radius 1 is 0.824 bits per heavy atom. The molecule has 0 fully saturated rings. The molecule has 0 aliphatic rings. The quantitative estimate of drug-likeness (QED) is 0.391. The van der Waals surface area contributed by atoms with Gasteiger partial charge in [0.15, 0.2) is 5.82 Å². The van der Waals surface area contributed by atoms with Crippen molar-refractivity contribution >= 4 is 5.69 Å². The third-order valence-electron chi connectivity index (χ3n) is 5.37. The number of hydrogen-bond acceptors (Lipinski definition) is 3. The van der Waals surface area contributed by atoms with E-state index in [1.165, 1.54) is 18.4 Å². The number of hydrogen-bond donors (Lipinski definition) is 1. The van der Waals surface area contributed by atoms with E-state index in [9.17, 15) is 0 Å². The summed E-state index contributed by atoms with van der Waals surface area (Å²) in [5.41, 5.74) is 12.8. The van der Waals surface area contributed by atoms with Crippen LogP contribution in [0.5, 0.6) is 0 Å². The normalized spacial score (nSPS) is 10.2. The van der Waals surface area contributed by atoms with E-state index in [1.54, 1.807) is 0 Å². The molecule has 0 spiro atoms. The van der Waals surface area contributed by atoms with Crippen molar-refractivity contribution in [3.63, 3.8) is 0 Å². The molecule has 3 aromatic rings. The standard InChI is InChI=1S/C22H28N4.C4H10.2C2H6/c1-7-16-8-10-17(11-9-16)26-15(3)24-25-21(26)18-13-19(22(4,5)6)20(23)12-14(18)2;1-3-4-2;2*1-2/h8-13H,7,23H2,1-6H3;3-4H2,1-2H3;2*1-2H3. The number of nitrogen functional groups attached to an aromatic ring is 1. The van der Waals surface area contributed by atoms with Gasteiger partial charge < -0.3 is 5.73 Å². The topological polar surface area (TPSA) is 56.7 Å². The zero-order chi connectivity index (χ0) is 26.5. The van der Waals surface area contributed by atoms with Gasteiger partial charge >= 0.3 is 0 Å². The lowest BCUT2D eigenvalue weighted by molar-refractivity contribution is 0.592. The van der Waals surface area contributed by atoms with Gasteiger partial charge in [0.2, 0.25) is 0 Å². The van der Waals surface area contributed by atoms with Crippen LogP contribution < -0.4 is 5.73 Å². The van der Waals surface area contributed by atoms with Crippen molar-refractivity contribution in [3.05, 3.63) is 58.9 Å². The first-order valence-electron chi connectivity index (χ1n) is 13.1. The highest BCUT2D eigenvalue weighted by Crippen LogP contribution is 2.35. The van der Waals surface area contributed by atoms with Crippen molar-refractivity contribution in [2.24, 2.45) is 0 Å². The monoisotopic (exact) mass is 466 g/mol. The first-order valence-corrected chi connectivity index (χ1v) is 13.1. The highest BCUT2D eigenvalue weighted by atomic mass is 15.3. The number of rotatable bonds is 4. The summed E-state index contributed by atoms with van der Waals surface area (Å²) in [7, 11) is 0. The first kappa shape index (κ1) is 31.4. The second-order valence-electron chi connectivity index (χ2n) is 8.93. The van der Waals surface area contributed by atoms with Crippen LogP contribution in [-0.4, -0.2) is 14.8 Å². The van der Waals surface area contributed by atoms with Gasteiger partial charge in [-0.1, -0.05) is 94.2 Å². The zero-order valence-corrected chi connectivity index (χ0v) is 24.0. The lowest BCUT2D eigenvalue weighted by atomic mass is 9.84. The summed E-state index contributed by atoms with van der Waals surface area (Å²) in [6.45, 7) is 25.1. The Balaban J connectivity index is 0.00000121. The second-order valence-corrected chi connectivity index (χ2v) is 8.93. The SMILES string of the molecule is CC.CC.CCCC.CCc1ccc(-n2c(C)nnc2-c2cc(C(C)(C)C)c(N)cc2C)cc1. The summed E-state index contributed by atoms with van der Waals surface area (Å²) < 4.78 is 2.12. The van der Waals surface area contributed by atoms with E-state index < -0.39 is 0 Å². The van der Waals surface area contributed by atoms with Gasteiger partial charge in [0.05, 0.1) is 0 Å². The van der Waals surface area contributed by atoms with E-state index in [4.69, 9.17) is 5.73 Å². The Labute approximate surface area is 210 Å². The molecule has 0 saturated carbocycles. The van der Waals surface area contributed by atoms with Crippen LogP contribution in [0, 0.1) is 13.8 Å². The highest BCUT2D eigenvalue weighted by Gasteiger charge is 2.22. The number of benzene rings is 2. The Kier molecular flexibility index (Phi) is 14.1. The van der Waals surface area contributed by atoms with Gasteiger partial charge in [-0.25, -0.2) is 0 Å². The minimum Gasteiger partial charge on any atom is -0.398 e. The van der Waals surface area contributed by atoms with E-state index in [0.717, 1.165) is 46.1 Å². The van der Waals surface area contributed by atoms with Crippen LogP contribution in [0.15, 0.2) is 36.4 Å². The fourth-order valence-electron chi connectivity index (χ4n) is 3.35. The highest BCUT2D eigenvalue weighted by molar-refractivity contribution is 5.69. The lowest BCUT2D eigenvalue weighted by Crippen LogP contribution is -2.15. The maximum atomic E-state index is 6.30. The van der Waals surface area contributed by atoms with Crippen molar-refractivity contribution in [3.8, 4) is 17.1 Å². The third-order valence-corrected chi connectivity index (χ3v) is 5.37. The molecule has 4 nitrogen and oxygen atoms in total. The van der Waals surface area contributed by atoms with Crippen molar-refractivity contribution in [2.75, 3.05) is 5.73 Å². The summed E-state index contributed by atoms with van der Waals surface area (Å²) in [4.78, 5) is 0. The maximum Gasteiger partial charge on any atom is 0.168 e. The predicted molar refractivity (Wildman–Crippen MR) is 152 cm³/mol. The van der Waals surface area contributed by atoms with E-state index in [1.807, 2.05) is 40.7 Å². The van der Waals surface area contributed by atoms with Gasteiger partial charge in [-0.3, -0.25) is 4.57 Å². The van der Waals surface area contributed by atoms with Crippen LogP contribution in [0.3, 0.4) is 0 Å². The van der Waals surface area contributed by atoms with Crippen LogP contribution in [0.1, 0.15) is 105 Å². The van der Waals surface area contributed by atoms with Crippen LogP contribution in [0.25, 0.3) is 17.1 Å². The molecule has 0 saturated heterocycles. The third kappa shape index (κ3) is 8.30. The van der Waals surface area contributed by atoms with Gasteiger partial charge in [-0.15, -0.1) is 10.2 Å². The second kappa shape index (κ2) is 15.3. The van der Waals surface area contributed by atoms with Gasteiger partial charge in [0.1, 0.15) is 5.82 Å². The van der Waals surface area contributed by atoms with Gasteiger partial charge in [0, 0.05) is 16.9 Å². The van der Waals surface area contributed by atoms with Crippen molar-refractivity contribution in [2.45, 2.75) is 108 Å². The van der Waals surface area contributed by atoms with Crippen molar-refractivity contribution in [1.82, 2.24) is 14.8 Å². The maximum absolute atomic E-state index is 6.30. The Morgan fingerprint density at radius 3 is 1.79 bits per heavy atom. The number of aryl methyl sites for hydroxylation is 3. The largest absolute Gasteiger partial charge is 0.398 e. The van der Waals surface area contributed by atoms with E-state index in [2.05, 4.69) is 93.6 Å². The fraction of sp³-hybridized carbons (Fsp3) is 0.533. The Hall–Kier alpha value is -2.62. The molecular formula is C30H50N4. The van der Waals surface area contributed by atoms with Crippen LogP contribution in [0.4, 0.5) is 5.69 Å². The smallest absolute Gasteiger partial charge is 0.168 e. The average Bonchev–Trinajstić information content (AvgIpc) is 3.22. The van der Waals surface area contributed by atoms with Crippen LogP contribution in [0.2, 0.25) is 0 Å². The van der Waals surface area contributed by atoms with Crippen molar-refractivity contribution < 1.29 is 0 Å². The van der Waals surface area contributed by atoms with Gasteiger partial charge in [-0.2, -0.15) is 0 Å². The van der Waals surface area contributed by atoms with E-state index in [-0.39, 0.29) is 5.41 Å². The number of nitrogens with zero attached hydrogens (tertiary/aromatic N) is 3. The number of aromatic nitrogens is 3. The molecular weight excluding hydrogens is 416 g/mol. The molecule has 2 aromatic carbocycles. The number of nitrogens with two attached hydrogens (primary N) is 1. The molecule has 0 amide bonds. The molecule has 1 heterocycles. The molecule has 0 bridgehead atoms. The number of anilines is 1. The van der Waals surface area contributed by atoms with Gasteiger partial charge in [-0.05, 0) is 66.6 Å². The fourth-order valence-corrected chi connectivity index (χ4v) is 3.35. The average molecular weight is 467 g/mol. The van der Waals surface area contributed by atoms with Crippen molar-refractivity contribution in [1.29, 1.82) is 0 Å². The summed E-state index contributed by atoms with van der Waals surface area (Å²) in [6.07, 6.45) is 3.67. The molecule has 0 atom stereocenters. The van der Waals surface area contributed by atoms with Gasteiger partial charge in [0.25, 0.3) is 0 Å². The summed E-state index contributed by atoms with van der Waals surface area (Å²) in [6, 6.07) is 12.8. The first-order chi connectivity index (χ1) is 16.1.